The van der Waals surface area contributed by atoms with Gasteiger partial charge in [-0.3, -0.25) is 0 Å². The molecule has 0 unspecified atom stereocenters. The molecule has 0 saturated carbocycles. The number of esters is 1. The molecule has 0 saturated heterocycles. The molecule has 14 heavy (non-hydrogen) atoms. The molecular formula is C9H16N2O3. The standard InChI is InChI=1S/C9H16N2O3/c1-2-14-9(13)5-3-6(10)8(11)7(12)4-5/h4,6-8,12H,2-3,10-11H2,1H3/t6-,7+,8+/m0/s1. The smallest absolute Gasteiger partial charge is 0.333 e. The molecule has 0 aliphatic heterocycles. The topological polar surface area (TPSA) is 98.6 Å². The second-order valence-electron chi connectivity index (χ2n) is 3.35. The normalized spacial score (nSPS) is 32.3. The molecule has 0 aromatic rings. The second-order valence-corrected chi connectivity index (χ2v) is 3.35. The molecule has 0 bridgehead atoms. The van der Waals surface area contributed by atoms with Crippen LogP contribution in [0.3, 0.4) is 0 Å². The third-order valence-corrected chi connectivity index (χ3v) is 2.25. The fourth-order valence-corrected chi connectivity index (χ4v) is 1.40. The molecule has 0 heterocycles. The third kappa shape index (κ3) is 2.31. The van der Waals surface area contributed by atoms with Crippen molar-refractivity contribution in [1.29, 1.82) is 0 Å². The summed E-state index contributed by atoms with van der Waals surface area (Å²) in [5.74, 6) is -0.422. The zero-order valence-electron chi connectivity index (χ0n) is 8.14. The summed E-state index contributed by atoms with van der Waals surface area (Å²) in [5.41, 5.74) is 11.7. The molecule has 1 rings (SSSR count). The molecular weight excluding hydrogens is 184 g/mol. The first-order valence-electron chi connectivity index (χ1n) is 4.63. The van der Waals surface area contributed by atoms with Crippen molar-refractivity contribution in [1.82, 2.24) is 0 Å². The first-order chi connectivity index (χ1) is 6.56. The van der Waals surface area contributed by atoms with Crippen molar-refractivity contribution in [3.05, 3.63) is 11.6 Å². The Kier molecular flexibility index (Phi) is 3.62. The van der Waals surface area contributed by atoms with Gasteiger partial charge in [-0.1, -0.05) is 0 Å². The van der Waals surface area contributed by atoms with E-state index in [4.69, 9.17) is 16.2 Å². The molecule has 5 N–H and O–H groups in total. The Balaban J connectivity index is 2.71. The predicted octanol–water partition coefficient (Wildman–Crippen LogP) is -1.10. The van der Waals surface area contributed by atoms with Gasteiger partial charge in [0.15, 0.2) is 0 Å². The van der Waals surface area contributed by atoms with E-state index >= 15 is 0 Å². The minimum absolute atomic E-state index is 0.313. The minimum atomic E-state index is -0.863. The van der Waals surface area contributed by atoms with Crippen LogP contribution in [0.25, 0.3) is 0 Å². The molecule has 5 nitrogen and oxygen atoms in total. The van der Waals surface area contributed by atoms with Gasteiger partial charge in [0.2, 0.25) is 0 Å². The van der Waals surface area contributed by atoms with Crippen LogP contribution in [0.2, 0.25) is 0 Å². The van der Waals surface area contributed by atoms with Gasteiger partial charge in [0.25, 0.3) is 0 Å². The summed E-state index contributed by atoms with van der Waals surface area (Å²) < 4.78 is 4.80. The van der Waals surface area contributed by atoms with Crippen molar-refractivity contribution in [2.75, 3.05) is 6.61 Å². The highest BCUT2D eigenvalue weighted by Gasteiger charge is 2.29. The average Bonchev–Trinajstić information content (AvgIpc) is 2.13. The van der Waals surface area contributed by atoms with Crippen LogP contribution in [0, 0.1) is 0 Å². The Morgan fingerprint density at radius 2 is 2.36 bits per heavy atom. The number of rotatable bonds is 2. The van der Waals surface area contributed by atoms with Gasteiger partial charge in [-0.2, -0.15) is 0 Å². The van der Waals surface area contributed by atoms with E-state index in [0.29, 0.717) is 18.6 Å². The van der Waals surface area contributed by atoms with E-state index in [1.165, 1.54) is 6.08 Å². The molecule has 80 valence electrons. The van der Waals surface area contributed by atoms with Crippen LogP contribution in [-0.2, 0) is 9.53 Å². The van der Waals surface area contributed by atoms with E-state index in [1.54, 1.807) is 6.92 Å². The number of carbonyl (C=O) groups is 1. The van der Waals surface area contributed by atoms with Crippen LogP contribution in [-0.4, -0.2) is 35.9 Å². The maximum absolute atomic E-state index is 11.3. The number of hydrogen-bond acceptors (Lipinski definition) is 5. The Morgan fingerprint density at radius 3 is 2.86 bits per heavy atom. The lowest BCUT2D eigenvalue weighted by Crippen LogP contribution is -2.51. The molecule has 0 aromatic heterocycles. The van der Waals surface area contributed by atoms with Crippen LogP contribution < -0.4 is 11.5 Å². The van der Waals surface area contributed by atoms with E-state index in [-0.39, 0.29) is 0 Å². The Bertz CT molecular complexity index is 252. The van der Waals surface area contributed by atoms with Gasteiger partial charge in [-0.15, -0.1) is 0 Å². The van der Waals surface area contributed by atoms with Crippen molar-refractivity contribution < 1.29 is 14.6 Å². The minimum Gasteiger partial charge on any atom is -0.463 e. The average molecular weight is 200 g/mol. The van der Waals surface area contributed by atoms with Crippen molar-refractivity contribution in [3.8, 4) is 0 Å². The monoisotopic (exact) mass is 200 g/mol. The summed E-state index contributed by atoms with van der Waals surface area (Å²) >= 11 is 0. The Morgan fingerprint density at radius 1 is 1.71 bits per heavy atom. The van der Waals surface area contributed by atoms with E-state index < -0.39 is 24.2 Å². The van der Waals surface area contributed by atoms with Gasteiger partial charge < -0.3 is 21.3 Å². The lowest BCUT2D eigenvalue weighted by molar-refractivity contribution is -0.139. The molecule has 0 fully saturated rings. The van der Waals surface area contributed by atoms with Gasteiger partial charge in [0, 0.05) is 17.7 Å². The summed E-state index contributed by atoms with van der Waals surface area (Å²) in [6.07, 6.45) is 0.918. The lowest BCUT2D eigenvalue weighted by Gasteiger charge is -2.28. The summed E-state index contributed by atoms with van der Waals surface area (Å²) in [7, 11) is 0. The van der Waals surface area contributed by atoms with Crippen LogP contribution >= 0.6 is 0 Å². The largest absolute Gasteiger partial charge is 0.463 e. The fourth-order valence-electron chi connectivity index (χ4n) is 1.40. The number of nitrogens with two attached hydrogens (primary N) is 2. The third-order valence-electron chi connectivity index (χ3n) is 2.25. The van der Waals surface area contributed by atoms with Crippen molar-refractivity contribution in [2.24, 2.45) is 11.5 Å². The van der Waals surface area contributed by atoms with E-state index in [9.17, 15) is 9.90 Å². The van der Waals surface area contributed by atoms with Gasteiger partial charge in [0.05, 0.1) is 12.7 Å². The van der Waals surface area contributed by atoms with Gasteiger partial charge >= 0.3 is 5.97 Å². The van der Waals surface area contributed by atoms with Crippen molar-refractivity contribution in [2.45, 2.75) is 31.5 Å². The zero-order chi connectivity index (χ0) is 10.7. The molecule has 0 aromatic carbocycles. The quantitative estimate of drug-likeness (QED) is 0.491. The van der Waals surface area contributed by atoms with Crippen LogP contribution in [0.4, 0.5) is 0 Å². The number of carbonyl (C=O) groups excluding carboxylic acids is 1. The summed E-state index contributed by atoms with van der Waals surface area (Å²) in [6.45, 7) is 2.04. The van der Waals surface area contributed by atoms with Crippen LogP contribution in [0.5, 0.6) is 0 Å². The zero-order valence-corrected chi connectivity index (χ0v) is 8.14. The fraction of sp³-hybridized carbons (Fsp3) is 0.667. The molecule has 1 aliphatic carbocycles. The van der Waals surface area contributed by atoms with Crippen LogP contribution in [0.15, 0.2) is 11.6 Å². The first-order valence-corrected chi connectivity index (χ1v) is 4.63. The highest BCUT2D eigenvalue weighted by Crippen LogP contribution is 2.17. The molecule has 1 aliphatic rings. The molecule has 3 atom stereocenters. The number of aliphatic hydroxyl groups is 1. The van der Waals surface area contributed by atoms with Gasteiger partial charge in [-0.05, 0) is 19.4 Å². The van der Waals surface area contributed by atoms with Gasteiger partial charge in [0.1, 0.15) is 0 Å². The maximum atomic E-state index is 11.3. The number of hydrogen-bond donors (Lipinski definition) is 3. The molecule has 5 heteroatoms. The Labute approximate surface area is 82.7 Å². The van der Waals surface area contributed by atoms with Crippen molar-refractivity contribution >= 4 is 5.97 Å². The van der Waals surface area contributed by atoms with Gasteiger partial charge in [-0.25, -0.2) is 4.79 Å². The molecule has 0 spiro atoms. The second kappa shape index (κ2) is 4.54. The first kappa shape index (κ1) is 11.2. The van der Waals surface area contributed by atoms with Crippen molar-refractivity contribution in [3.63, 3.8) is 0 Å². The highest BCUT2D eigenvalue weighted by molar-refractivity contribution is 5.89. The highest BCUT2D eigenvalue weighted by atomic mass is 16.5. The SMILES string of the molecule is CCOC(=O)C1=C[C@@H](O)[C@H](N)[C@@H](N)C1. The molecule has 0 radical (unpaired) electrons. The number of ether oxygens (including phenoxy) is 1. The van der Waals surface area contributed by atoms with E-state index in [0.717, 1.165) is 0 Å². The summed E-state index contributed by atoms with van der Waals surface area (Å²) in [5, 5.41) is 9.45. The molecule has 0 amide bonds. The van der Waals surface area contributed by atoms with E-state index in [1.807, 2.05) is 0 Å². The number of aliphatic hydroxyl groups excluding tert-OH is 1. The predicted molar refractivity (Wildman–Crippen MR) is 51.3 cm³/mol. The van der Waals surface area contributed by atoms with E-state index in [2.05, 4.69) is 0 Å². The maximum Gasteiger partial charge on any atom is 0.333 e. The van der Waals surface area contributed by atoms with Crippen LogP contribution in [0.1, 0.15) is 13.3 Å². The Hall–Kier alpha value is -0.910. The summed E-state index contributed by atoms with van der Waals surface area (Å²) in [4.78, 5) is 11.3. The lowest BCUT2D eigenvalue weighted by atomic mass is 9.89. The summed E-state index contributed by atoms with van der Waals surface area (Å²) in [6, 6.07) is -0.900.